The summed E-state index contributed by atoms with van der Waals surface area (Å²) in [6.45, 7) is 2.56. The molecule has 0 amide bonds. The monoisotopic (exact) mass is 444 g/mol. The number of aryl methyl sites for hydroxylation is 1. The number of likely N-dealkylation sites (tertiary alicyclic amines) is 1. The smallest absolute Gasteiger partial charge is 0.330 e. The molecule has 0 bridgehead atoms. The number of piperidine rings is 1. The molecule has 6 nitrogen and oxygen atoms in total. The molecule has 3 aromatic rings. The van der Waals surface area contributed by atoms with Gasteiger partial charge in [0.25, 0.3) is 0 Å². The van der Waals surface area contributed by atoms with Gasteiger partial charge in [0.05, 0.1) is 19.1 Å². The Morgan fingerprint density at radius 1 is 1.24 bits per heavy atom. The molecule has 2 aliphatic heterocycles. The van der Waals surface area contributed by atoms with Gasteiger partial charge in [-0.25, -0.2) is 4.79 Å². The lowest BCUT2D eigenvalue weighted by Gasteiger charge is -2.45. The van der Waals surface area contributed by atoms with Gasteiger partial charge in [-0.3, -0.25) is 9.69 Å². The van der Waals surface area contributed by atoms with E-state index in [4.69, 9.17) is 4.74 Å². The Morgan fingerprint density at radius 2 is 2.09 bits per heavy atom. The van der Waals surface area contributed by atoms with Crippen molar-refractivity contribution in [1.29, 1.82) is 0 Å². The Kier molecular flexibility index (Phi) is 5.54. The van der Waals surface area contributed by atoms with Crippen molar-refractivity contribution >= 4 is 28.7 Å². The highest BCUT2D eigenvalue weighted by Gasteiger charge is 2.43. The van der Waals surface area contributed by atoms with E-state index in [1.807, 2.05) is 12.1 Å². The number of carbonyl (C=O) groups is 2. The second-order valence-electron chi connectivity index (χ2n) is 9.09. The predicted octanol–water partition coefficient (Wildman–Crippen LogP) is 4.36. The zero-order chi connectivity index (χ0) is 23.0. The molecule has 1 saturated heterocycles. The first-order valence-electron chi connectivity index (χ1n) is 11.3. The second-order valence-corrected chi connectivity index (χ2v) is 9.09. The van der Waals surface area contributed by atoms with E-state index in [0.29, 0.717) is 17.7 Å². The summed E-state index contributed by atoms with van der Waals surface area (Å²) in [4.78, 5) is 26.9. The van der Waals surface area contributed by atoms with Gasteiger partial charge in [-0.2, -0.15) is 0 Å². The zero-order valence-electron chi connectivity index (χ0n) is 19.0. The molecule has 0 saturated carbocycles. The van der Waals surface area contributed by atoms with Crippen molar-refractivity contribution in [3.63, 3.8) is 0 Å². The number of ether oxygens (including phenoxy) is 2. The van der Waals surface area contributed by atoms with Crippen LogP contribution in [0.3, 0.4) is 0 Å². The Labute approximate surface area is 193 Å². The SMILES string of the molecule is COC(=O)/C=C/c1ccc2c(c1)C(=O)CC1(CCCN(Cc3cn(C)c4ccccc34)C1)O2. The van der Waals surface area contributed by atoms with Gasteiger partial charge in [-0.15, -0.1) is 0 Å². The molecule has 0 radical (unpaired) electrons. The summed E-state index contributed by atoms with van der Waals surface area (Å²) < 4.78 is 13.3. The zero-order valence-corrected chi connectivity index (χ0v) is 19.0. The topological polar surface area (TPSA) is 60.8 Å². The number of methoxy groups -OCH3 is 1. The van der Waals surface area contributed by atoms with E-state index in [1.54, 1.807) is 12.1 Å². The molecule has 2 aromatic carbocycles. The van der Waals surface area contributed by atoms with Gasteiger partial charge < -0.3 is 14.0 Å². The molecule has 1 unspecified atom stereocenters. The Morgan fingerprint density at radius 3 is 2.94 bits per heavy atom. The van der Waals surface area contributed by atoms with Crippen molar-refractivity contribution in [2.24, 2.45) is 7.05 Å². The average molecular weight is 445 g/mol. The van der Waals surface area contributed by atoms with Crippen LogP contribution in [0.2, 0.25) is 0 Å². The summed E-state index contributed by atoms with van der Waals surface area (Å²) in [6.07, 6.45) is 7.44. The first-order chi connectivity index (χ1) is 16.0. The summed E-state index contributed by atoms with van der Waals surface area (Å²) in [5, 5.41) is 1.28. The largest absolute Gasteiger partial charge is 0.485 e. The van der Waals surface area contributed by atoms with Gasteiger partial charge in [0, 0.05) is 43.3 Å². The summed E-state index contributed by atoms with van der Waals surface area (Å²) in [6, 6.07) is 14.0. The lowest BCUT2D eigenvalue weighted by atomic mass is 9.83. The van der Waals surface area contributed by atoms with Gasteiger partial charge in [-0.1, -0.05) is 24.3 Å². The van der Waals surface area contributed by atoms with E-state index >= 15 is 0 Å². The quantitative estimate of drug-likeness (QED) is 0.442. The Hall–Kier alpha value is -3.38. The summed E-state index contributed by atoms with van der Waals surface area (Å²) in [5.41, 5.74) is 3.40. The van der Waals surface area contributed by atoms with E-state index in [-0.39, 0.29) is 5.78 Å². The van der Waals surface area contributed by atoms with Crippen LogP contribution in [0.5, 0.6) is 5.75 Å². The molecule has 1 fully saturated rings. The number of rotatable bonds is 4. The van der Waals surface area contributed by atoms with Crippen molar-refractivity contribution in [1.82, 2.24) is 9.47 Å². The maximum absolute atomic E-state index is 13.1. The average Bonchev–Trinajstić information content (AvgIpc) is 3.13. The number of nitrogens with zero attached hydrogens (tertiary/aromatic N) is 2. The fraction of sp³-hybridized carbons (Fsp3) is 0.333. The number of Topliss-reactive ketones (excluding diaryl/α,β-unsaturated/α-hetero) is 1. The maximum atomic E-state index is 13.1. The van der Waals surface area contributed by atoms with Crippen LogP contribution >= 0.6 is 0 Å². The number of hydrogen-bond acceptors (Lipinski definition) is 5. The third kappa shape index (κ3) is 4.18. The molecule has 1 aromatic heterocycles. The third-order valence-corrected chi connectivity index (χ3v) is 6.72. The van der Waals surface area contributed by atoms with Crippen molar-refractivity contribution in [3.05, 3.63) is 71.4 Å². The van der Waals surface area contributed by atoms with Crippen LogP contribution in [0, 0.1) is 0 Å². The number of hydrogen-bond donors (Lipinski definition) is 0. The molecule has 170 valence electrons. The molecular weight excluding hydrogens is 416 g/mol. The predicted molar refractivity (Wildman–Crippen MR) is 127 cm³/mol. The third-order valence-electron chi connectivity index (χ3n) is 6.72. The number of aromatic nitrogens is 1. The van der Waals surface area contributed by atoms with Crippen molar-refractivity contribution in [3.8, 4) is 5.75 Å². The molecule has 1 atom stereocenters. The second kappa shape index (κ2) is 8.52. The molecule has 3 heterocycles. The van der Waals surface area contributed by atoms with Gasteiger partial charge in [0.1, 0.15) is 11.4 Å². The van der Waals surface area contributed by atoms with Crippen LogP contribution in [-0.4, -0.2) is 47.0 Å². The summed E-state index contributed by atoms with van der Waals surface area (Å²) >= 11 is 0. The van der Waals surface area contributed by atoms with Crippen LogP contribution < -0.4 is 4.74 Å². The van der Waals surface area contributed by atoms with Gasteiger partial charge >= 0.3 is 5.97 Å². The number of esters is 1. The van der Waals surface area contributed by atoms with Crippen molar-refractivity contribution < 1.29 is 19.1 Å². The highest BCUT2D eigenvalue weighted by molar-refractivity contribution is 6.01. The van der Waals surface area contributed by atoms with Crippen LogP contribution in [0.15, 0.2) is 54.7 Å². The lowest BCUT2D eigenvalue weighted by molar-refractivity contribution is -0.134. The fourth-order valence-electron chi connectivity index (χ4n) is 5.19. The minimum Gasteiger partial charge on any atom is -0.485 e. The molecule has 1 spiro atoms. The summed E-state index contributed by atoms with van der Waals surface area (Å²) in [5.74, 6) is 0.299. The molecule has 2 aliphatic rings. The van der Waals surface area contributed by atoms with Crippen LogP contribution in [0.1, 0.15) is 40.7 Å². The number of carbonyl (C=O) groups excluding carboxylic acids is 2. The van der Waals surface area contributed by atoms with Gasteiger partial charge in [-0.05, 0) is 54.8 Å². The molecule has 33 heavy (non-hydrogen) atoms. The van der Waals surface area contributed by atoms with Crippen LogP contribution in [0.25, 0.3) is 17.0 Å². The minimum absolute atomic E-state index is 0.0941. The van der Waals surface area contributed by atoms with E-state index in [2.05, 4.69) is 51.7 Å². The van der Waals surface area contributed by atoms with Crippen LogP contribution in [-0.2, 0) is 23.1 Å². The number of ketones is 1. The highest BCUT2D eigenvalue weighted by Crippen LogP contribution is 2.39. The normalized spacial score (nSPS) is 20.8. The first kappa shape index (κ1) is 21.5. The van der Waals surface area contributed by atoms with E-state index < -0.39 is 11.6 Å². The standard InChI is InChI=1S/C27H28N2O4/c1-28-16-20(21-6-3-4-7-23(21)28)17-29-13-5-12-27(18-29)15-24(30)22-14-19(8-10-25(22)33-27)9-11-26(31)32-2/h3-4,6-11,14,16H,5,12-13,15,17-18H2,1-2H3/b11-9+. The molecule has 5 rings (SSSR count). The minimum atomic E-state index is -0.490. The van der Waals surface area contributed by atoms with Crippen molar-refractivity contribution in [2.45, 2.75) is 31.4 Å². The fourth-order valence-corrected chi connectivity index (χ4v) is 5.19. The van der Waals surface area contributed by atoms with E-state index in [9.17, 15) is 9.59 Å². The first-order valence-corrected chi connectivity index (χ1v) is 11.3. The Bertz CT molecular complexity index is 1260. The van der Waals surface area contributed by atoms with E-state index in [0.717, 1.165) is 38.0 Å². The van der Waals surface area contributed by atoms with E-state index in [1.165, 1.54) is 29.7 Å². The lowest BCUT2D eigenvalue weighted by Crippen LogP contribution is -2.54. The molecular formula is C27H28N2O4. The van der Waals surface area contributed by atoms with Gasteiger partial charge in [0.15, 0.2) is 5.78 Å². The Balaban J connectivity index is 1.35. The van der Waals surface area contributed by atoms with Crippen molar-refractivity contribution in [2.75, 3.05) is 20.2 Å². The number of fused-ring (bicyclic) bond motifs is 2. The molecule has 6 heteroatoms. The molecule has 0 N–H and O–H groups in total. The molecule has 0 aliphatic carbocycles. The van der Waals surface area contributed by atoms with Crippen LogP contribution in [0.4, 0.5) is 0 Å². The number of para-hydroxylation sites is 1. The highest BCUT2D eigenvalue weighted by atomic mass is 16.5. The maximum Gasteiger partial charge on any atom is 0.330 e. The number of benzene rings is 2. The summed E-state index contributed by atoms with van der Waals surface area (Å²) in [7, 11) is 3.42. The van der Waals surface area contributed by atoms with Gasteiger partial charge in [0.2, 0.25) is 0 Å².